The van der Waals surface area contributed by atoms with E-state index in [0.29, 0.717) is 0 Å². The minimum absolute atomic E-state index is 0.0404. The lowest BCUT2D eigenvalue weighted by Gasteiger charge is -2.19. The van der Waals surface area contributed by atoms with Crippen LogP contribution in [0.4, 0.5) is 8.78 Å². The van der Waals surface area contributed by atoms with Crippen LogP contribution in [0.5, 0.6) is 0 Å². The second-order valence-electron chi connectivity index (χ2n) is 3.64. The Bertz CT molecular complexity index is 330. The summed E-state index contributed by atoms with van der Waals surface area (Å²) < 4.78 is 26.2. The molecule has 1 rings (SSSR count). The highest BCUT2D eigenvalue weighted by Gasteiger charge is 2.13. The smallest absolute Gasteiger partial charge is 0.128 e. The van der Waals surface area contributed by atoms with Crippen molar-refractivity contribution in [3.8, 4) is 0 Å². The molecule has 2 atom stereocenters. The van der Waals surface area contributed by atoms with Gasteiger partial charge in [0.15, 0.2) is 0 Å². The first-order chi connectivity index (χ1) is 7.04. The molecular formula is C11H15F2NO. The third-order valence-electron chi connectivity index (χ3n) is 2.23. The van der Waals surface area contributed by atoms with Gasteiger partial charge in [-0.1, -0.05) is 0 Å². The van der Waals surface area contributed by atoms with Crippen LogP contribution >= 0.6 is 0 Å². The molecule has 0 aromatic heterocycles. The van der Waals surface area contributed by atoms with Gasteiger partial charge in [-0.25, -0.2) is 8.78 Å². The molecule has 15 heavy (non-hydrogen) atoms. The summed E-state index contributed by atoms with van der Waals surface area (Å²) in [6.07, 6.45) is 0. The monoisotopic (exact) mass is 215 g/mol. The highest BCUT2D eigenvalue weighted by molar-refractivity contribution is 5.21. The van der Waals surface area contributed by atoms with Crippen LogP contribution in [0.2, 0.25) is 0 Å². The van der Waals surface area contributed by atoms with E-state index in [2.05, 4.69) is 5.32 Å². The zero-order valence-electron chi connectivity index (χ0n) is 8.80. The molecule has 1 aromatic carbocycles. The summed E-state index contributed by atoms with van der Waals surface area (Å²) in [7, 11) is 0. The molecule has 2 nitrogen and oxygen atoms in total. The zero-order chi connectivity index (χ0) is 11.4. The van der Waals surface area contributed by atoms with E-state index in [4.69, 9.17) is 5.11 Å². The Morgan fingerprint density at radius 2 is 2.00 bits per heavy atom. The van der Waals surface area contributed by atoms with Crippen molar-refractivity contribution in [2.45, 2.75) is 25.9 Å². The Morgan fingerprint density at radius 1 is 1.33 bits per heavy atom. The molecule has 0 aliphatic rings. The van der Waals surface area contributed by atoms with E-state index in [1.54, 1.807) is 13.8 Å². The normalized spacial score (nSPS) is 15.0. The lowest BCUT2D eigenvalue weighted by molar-refractivity contribution is 0.242. The van der Waals surface area contributed by atoms with Crippen LogP contribution in [0.25, 0.3) is 0 Å². The Kier molecular flexibility index (Phi) is 4.17. The molecule has 84 valence electrons. The molecule has 1 unspecified atom stereocenters. The van der Waals surface area contributed by atoms with Crippen molar-refractivity contribution in [1.82, 2.24) is 5.32 Å². The molecule has 1 aromatic rings. The van der Waals surface area contributed by atoms with Crippen LogP contribution in [0, 0.1) is 11.6 Å². The predicted molar refractivity (Wildman–Crippen MR) is 54.5 cm³/mol. The van der Waals surface area contributed by atoms with Crippen molar-refractivity contribution < 1.29 is 13.9 Å². The Hall–Kier alpha value is -1.00. The van der Waals surface area contributed by atoms with Gasteiger partial charge in [0.1, 0.15) is 11.6 Å². The van der Waals surface area contributed by atoms with Crippen LogP contribution in [0.3, 0.4) is 0 Å². The summed E-state index contributed by atoms with van der Waals surface area (Å²) >= 11 is 0. The van der Waals surface area contributed by atoms with Crippen molar-refractivity contribution in [2.75, 3.05) is 6.61 Å². The summed E-state index contributed by atoms with van der Waals surface area (Å²) in [6.45, 7) is 3.46. The molecule has 0 heterocycles. The van der Waals surface area contributed by atoms with Crippen molar-refractivity contribution in [3.05, 3.63) is 35.4 Å². The van der Waals surface area contributed by atoms with E-state index in [1.165, 1.54) is 0 Å². The van der Waals surface area contributed by atoms with Crippen LogP contribution in [-0.4, -0.2) is 17.8 Å². The third kappa shape index (κ3) is 3.25. The maximum absolute atomic E-state index is 13.3. The molecular weight excluding hydrogens is 200 g/mol. The number of benzene rings is 1. The molecule has 0 saturated heterocycles. The maximum Gasteiger partial charge on any atom is 0.128 e. The van der Waals surface area contributed by atoms with Gasteiger partial charge in [-0.3, -0.25) is 0 Å². The van der Waals surface area contributed by atoms with Crippen LogP contribution in [-0.2, 0) is 0 Å². The topological polar surface area (TPSA) is 32.3 Å². The van der Waals surface area contributed by atoms with Gasteiger partial charge >= 0.3 is 0 Å². The van der Waals surface area contributed by atoms with Gasteiger partial charge in [-0.2, -0.15) is 0 Å². The van der Waals surface area contributed by atoms with E-state index in [1.807, 2.05) is 0 Å². The van der Waals surface area contributed by atoms with Gasteiger partial charge in [0, 0.05) is 17.6 Å². The molecule has 2 N–H and O–H groups in total. The number of halogens is 2. The largest absolute Gasteiger partial charge is 0.395 e. The van der Waals surface area contributed by atoms with Crippen molar-refractivity contribution in [2.24, 2.45) is 0 Å². The average Bonchev–Trinajstić information content (AvgIpc) is 2.21. The molecule has 4 heteroatoms. The summed E-state index contributed by atoms with van der Waals surface area (Å²) in [6, 6.07) is 2.87. The number of aliphatic hydroxyl groups is 1. The van der Waals surface area contributed by atoms with E-state index in [-0.39, 0.29) is 24.3 Å². The van der Waals surface area contributed by atoms with Gasteiger partial charge in [0.2, 0.25) is 0 Å². The second-order valence-corrected chi connectivity index (χ2v) is 3.64. The molecule has 0 fully saturated rings. The summed E-state index contributed by atoms with van der Waals surface area (Å²) in [4.78, 5) is 0. The first kappa shape index (κ1) is 12.1. The SMILES string of the molecule is CC(N[C@H](C)CO)c1cc(F)ccc1F. The minimum atomic E-state index is -0.461. The molecule has 0 amide bonds. The van der Waals surface area contributed by atoms with Crippen LogP contribution in [0.15, 0.2) is 18.2 Å². The Balaban J connectivity index is 2.80. The predicted octanol–water partition coefficient (Wildman–Crippen LogP) is 2.00. The Morgan fingerprint density at radius 3 is 2.60 bits per heavy atom. The number of rotatable bonds is 4. The number of hydrogen-bond acceptors (Lipinski definition) is 2. The van der Waals surface area contributed by atoms with Gasteiger partial charge < -0.3 is 10.4 Å². The lowest BCUT2D eigenvalue weighted by Crippen LogP contribution is -2.32. The standard InChI is InChI=1S/C11H15F2NO/c1-7(6-15)14-8(2)10-5-9(12)3-4-11(10)13/h3-5,7-8,14-15H,6H2,1-2H3/t7-,8?/m1/s1. The quantitative estimate of drug-likeness (QED) is 0.805. The number of hydrogen-bond donors (Lipinski definition) is 2. The molecule has 0 saturated carbocycles. The summed E-state index contributed by atoms with van der Waals surface area (Å²) in [5, 5.41) is 11.8. The molecule has 0 aliphatic heterocycles. The fourth-order valence-corrected chi connectivity index (χ4v) is 1.42. The van der Waals surface area contributed by atoms with Crippen molar-refractivity contribution in [1.29, 1.82) is 0 Å². The maximum atomic E-state index is 13.3. The van der Waals surface area contributed by atoms with Gasteiger partial charge in [-0.15, -0.1) is 0 Å². The molecule has 0 spiro atoms. The van der Waals surface area contributed by atoms with Crippen molar-refractivity contribution >= 4 is 0 Å². The first-order valence-electron chi connectivity index (χ1n) is 4.86. The second kappa shape index (κ2) is 5.19. The molecule has 0 aliphatic carbocycles. The van der Waals surface area contributed by atoms with Crippen molar-refractivity contribution in [3.63, 3.8) is 0 Å². The summed E-state index contributed by atoms with van der Waals surface area (Å²) in [5.41, 5.74) is 0.273. The van der Waals surface area contributed by atoms with Crippen LogP contribution in [0.1, 0.15) is 25.5 Å². The zero-order valence-corrected chi connectivity index (χ0v) is 8.80. The lowest BCUT2D eigenvalue weighted by atomic mass is 10.1. The van der Waals surface area contributed by atoms with Crippen LogP contribution < -0.4 is 5.32 Å². The van der Waals surface area contributed by atoms with Gasteiger partial charge in [-0.05, 0) is 32.0 Å². The number of nitrogens with one attached hydrogen (secondary N) is 1. The van der Waals surface area contributed by atoms with Gasteiger partial charge in [0.25, 0.3) is 0 Å². The highest BCUT2D eigenvalue weighted by atomic mass is 19.1. The van der Waals surface area contributed by atoms with E-state index < -0.39 is 11.6 Å². The minimum Gasteiger partial charge on any atom is -0.395 e. The summed E-state index contributed by atoms with van der Waals surface area (Å²) in [5.74, 6) is -0.904. The number of aliphatic hydroxyl groups excluding tert-OH is 1. The van der Waals surface area contributed by atoms with E-state index >= 15 is 0 Å². The first-order valence-corrected chi connectivity index (χ1v) is 4.86. The molecule has 0 radical (unpaired) electrons. The fourth-order valence-electron chi connectivity index (χ4n) is 1.42. The van der Waals surface area contributed by atoms with Gasteiger partial charge in [0.05, 0.1) is 6.61 Å². The van der Waals surface area contributed by atoms with E-state index in [0.717, 1.165) is 18.2 Å². The molecule has 0 bridgehead atoms. The highest BCUT2D eigenvalue weighted by Crippen LogP contribution is 2.18. The average molecular weight is 215 g/mol. The third-order valence-corrected chi connectivity index (χ3v) is 2.23. The van der Waals surface area contributed by atoms with E-state index in [9.17, 15) is 8.78 Å². The Labute approximate surface area is 87.9 Å². The fraction of sp³-hybridized carbons (Fsp3) is 0.455.